The van der Waals surface area contributed by atoms with Gasteiger partial charge in [-0.1, -0.05) is 11.2 Å². The molecule has 1 aliphatic carbocycles. The molecule has 7 heteroatoms. The number of rotatable bonds is 4. The highest BCUT2D eigenvalue weighted by atomic mass is 32.2. The van der Waals surface area contributed by atoms with Crippen LogP contribution in [0.5, 0.6) is 0 Å². The first-order valence-electron chi connectivity index (χ1n) is 9.71. The van der Waals surface area contributed by atoms with Crippen molar-refractivity contribution in [2.75, 3.05) is 26.2 Å². The third-order valence-corrected chi connectivity index (χ3v) is 7.75. The zero-order chi connectivity index (χ0) is 19.0. The summed E-state index contributed by atoms with van der Waals surface area (Å²) in [6, 6.07) is 5.70. The standard InChI is InChI=1S/C20H27N3O3S/c1-15-20(16(2)26-21-15)14-22-9-11-23(12-10-22)27(24,25)19-8-7-17-5-3-4-6-18(17)13-19/h7-8,13H,3-6,9-12,14H2,1-2H3. The molecular weight excluding hydrogens is 362 g/mol. The number of nitrogens with zero attached hydrogens (tertiary/aromatic N) is 3. The fraction of sp³-hybridized carbons (Fsp3) is 0.550. The number of fused-ring (bicyclic) bond motifs is 1. The molecule has 1 fully saturated rings. The smallest absolute Gasteiger partial charge is 0.243 e. The summed E-state index contributed by atoms with van der Waals surface area (Å²) < 4.78 is 33.0. The van der Waals surface area contributed by atoms with Crippen molar-refractivity contribution in [3.8, 4) is 0 Å². The van der Waals surface area contributed by atoms with E-state index >= 15 is 0 Å². The Bertz CT molecular complexity index is 908. The van der Waals surface area contributed by atoms with E-state index in [1.165, 1.54) is 17.5 Å². The first-order valence-corrected chi connectivity index (χ1v) is 11.2. The third kappa shape index (κ3) is 3.68. The summed E-state index contributed by atoms with van der Waals surface area (Å²) in [5, 5.41) is 4.00. The minimum Gasteiger partial charge on any atom is -0.361 e. The number of piperazine rings is 1. The van der Waals surface area contributed by atoms with Crippen molar-refractivity contribution in [2.24, 2.45) is 0 Å². The molecule has 2 aromatic rings. The van der Waals surface area contributed by atoms with Gasteiger partial charge in [-0.3, -0.25) is 4.90 Å². The Kier molecular flexibility index (Phi) is 5.09. The van der Waals surface area contributed by atoms with E-state index in [0.29, 0.717) is 31.1 Å². The molecule has 0 radical (unpaired) electrons. The largest absolute Gasteiger partial charge is 0.361 e. The molecule has 1 aromatic heterocycles. The lowest BCUT2D eigenvalue weighted by molar-refractivity contribution is 0.180. The van der Waals surface area contributed by atoms with E-state index in [0.717, 1.165) is 42.8 Å². The Morgan fingerprint density at radius 3 is 2.41 bits per heavy atom. The van der Waals surface area contributed by atoms with Gasteiger partial charge >= 0.3 is 0 Å². The van der Waals surface area contributed by atoms with Gasteiger partial charge in [0.25, 0.3) is 0 Å². The van der Waals surface area contributed by atoms with Crippen LogP contribution in [0.2, 0.25) is 0 Å². The Hall–Kier alpha value is -1.70. The van der Waals surface area contributed by atoms with Gasteiger partial charge in [-0.25, -0.2) is 8.42 Å². The van der Waals surface area contributed by atoms with Gasteiger partial charge in [0.2, 0.25) is 10.0 Å². The van der Waals surface area contributed by atoms with Gasteiger partial charge in [-0.15, -0.1) is 0 Å². The van der Waals surface area contributed by atoms with Crippen LogP contribution in [0.25, 0.3) is 0 Å². The normalized spacial score (nSPS) is 19.2. The predicted octanol–water partition coefficient (Wildman–Crippen LogP) is 2.68. The van der Waals surface area contributed by atoms with E-state index in [4.69, 9.17) is 4.52 Å². The highest BCUT2D eigenvalue weighted by Gasteiger charge is 2.29. The lowest BCUT2D eigenvalue weighted by Gasteiger charge is -2.34. The van der Waals surface area contributed by atoms with Crippen LogP contribution in [-0.2, 0) is 29.4 Å². The molecule has 0 N–H and O–H groups in total. The molecule has 0 saturated carbocycles. The summed E-state index contributed by atoms with van der Waals surface area (Å²) in [6.07, 6.45) is 4.41. The molecule has 1 aliphatic heterocycles. The van der Waals surface area contributed by atoms with E-state index in [2.05, 4.69) is 10.1 Å². The molecule has 0 amide bonds. The van der Waals surface area contributed by atoms with Crippen molar-refractivity contribution in [1.29, 1.82) is 0 Å². The average molecular weight is 390 g/mol. The maximum atomic E-state index is 13.1. The van der Waals surface area contributed by atoms with Crippen LogP contribution in [-0.4, -0.2) is 49.0 Å². The molecule has 0 bridgehead atoms. The molecule has 1 aromatic carbocycles. The molecule has 4 rings (SSSR count). The highest BCUT2D eigenvalue weighted by Crippen LogP contribution is 2.26. The van der Waals surface area contributed by atoms with E-state index in [9.17, 15) is 8.42 Å². The Balaban J connectivity index is 1.44. The second kappa shape index (κ2) is 7.37. The minimum atomic E-state index is -3.42. The predicted molar refractivity (Wildman–Crippen MR) is 103 cm³/mol. The van der Waals surface area contributed by atoms with Crippen molar-refractivity contribution in [3.05, 3.63) is 46.3 Å². The maximum Gasteiger partial charge on any atom is 0.243 e. The van der Waals surface area contributed by atoms with Gasteiger partial charge in [0.1, 0.15) is 5.76 Å². The van der Waals surface area contributed by atoms with Crippen LogP contribution in [0.4, 0.5) is 0 Å². The van der Waals surface area contributed by atoms with E-state index < -0.39 is 10.0 Å². The molecule has 6 nitrogen and oxygen atoms in total. The maximum absolute atomic E-state index is 13.1. The molecule has 2 heterocycles. The summed E-state index contributed by atoms with van der Waals surface area (Å²) in [5.74, 6) is 0.844. The van der Waals surface area contributed by atoms with Crippen LogP contribution in [0, 0.1) is 13.8 Å². The van der Waals surface area contributed by atoms with E-state index in [1.807, 2.05) is 26.0 Å². The molecule has 0 spiro atoms. The molecule has 0 unspecified atom stereocenters. The molecule has 0 atom stereocenters. The van der Waals surface area contributed by atoms with Gasteiger partial charge in [0.05, 0.1) is 10.6 Å². The molecule has 27 heavy (non-hydrogen) atoms. The van der Waals surface area contributed by atoms with Gasteiger partial charge in [-0.2, -0.15) is 4.31 Å². The minimum absolute atomic E-state index is 0.447. The van der Waals surface area contributed by atoms with Gasteiger partial charge in [-0.05, 0) is 62.8 Å². The summed E-state index contributed by atoms with van der Waals surface area (Å²) in [4.78, 5) is 2.72. The third-order valence-electron chi connectivity index (χ3n) is 5.85. The second-order valence-corrected chi connectivity index (χ2v) is 9.56. The number of hydrogen-bond acceptors (Lipinski definition) is 5. The van der Waals surface area contributed by atoms with Gasteiger partial charge in [0.15, 0.2) is 0 Å². The highest BCUT2D eigenvalue weighted by molar-refractivity contribution is 7.89. The van der Waals surface area contributed by atoms with Crippen LogP contribution in [0.15, 0.2) is 27.6 Å². The zero-order valence-corrected chi connectivity index (χ0v) is 16.9. The van der Waals surface area contributed by atoms with Crippen molar-refractivity contribution < 1.29 is 12.9 Å². The summed E-state index contributed by atoms with van der Waals surface area (Å²) in [5.41, 5.74) is 4.54. The topological polar surface area (TPSA) is 66.7 Å². The summed E-state index contributed by atoms with van der Waals surface area (Å²) in [6.45, 7) is 7.09. The monoisotopic (exact) mass is 389 g/mol. The lowest BCUT2D eigenvalue weighted by Crippen LogP contribution is -2.48. The van der Waals surface area contributed by atoms with Gasteiger partial charge in [0, 0.05) is 38.3 Å². The van der Waals surface area contributed by atoms with Crippen LogP contribution < -0.4 is 0 Å². The Morgan fingerprint density at radius 1 is 1.04 bits per heavy atom. The first-order chi connectivity index (χ1) is 12.9. The van der Waals surface area contributed by atoms with Crippen molar-refractivity contribution in [2.45, 2.75) is 51.0 Å². The average Bonchev–Trinajstić information content (AvgIpc) is 3.00. The van der Waals surface area contributed by atoms with Crippen LogP contribution in [0.1, 0.15) is 41.0 Å². The number of benzene rings is 1. The molecule has 1 saturated heterocycles. The van der Waals surface area contributed by atoms with E-state index in [-0.39, 0.29) is 0 Å². The number of hydrogen-bond donors (Lipinski definition) is 0. The van der Waals surface area contributed by atoms with E-state index in [1.54, 1.807) is 10.4 Å². The van der Waals surface area contributed by atoms with Crippen molar-refractivity contribution in [3.63, 3.8) is 0 Å². The summed E-state index contributed by atoms with van der Waals surface area (Å²) >= 11 is 0. The number of sulfonamides is 1. The fourth-order valence-corrected chi connectivity index (χ4v) is 5.57. The zero-order valence-electron chi connectivity index (χ0n) is 16.1. The van der Waals surface area contributed by atoms with Crippen LogP contribution in [0.3, 0.4) is 0 Å². The Morgan fingerprint density at radius 2 is 1.74 bits per heavy atom. The SMILES string of the molecule is Cc1noc(C)c1CN1CCN(S(=O)(=O)c2ccc3c(c2)CCCC3)CC1. The van der Waals surface area contributed by atoms with Crippen molar-refractivity contribution in [1.82, 2.24) is 14.4 Å². The first kappa shape index (κ1) is 18.7. The van der Waals surface area contributed by atoms with Crippen molar-refractivity contribution >= 4 is 10.0 Å². The lowest BCUT2D eigenvalue weighted by atomic mass is 9.92. The van der Waals surface area contributed by atoms with Crippen LogP contribution >= 0.6 is 0 Å². The molecule has 2 aliphatic rings. The van der Waals surface area contributed by atoms with Gasteiger partial charge < -0.3 is 4.52 Å². The summed E-state index contributed by atoms with van der Waals surface area (Å²) in [7, 11) is -3.42. The number of aromatic nitrogens is 1. The molecular formula is C20H27N3O3S. The quantitative estimate of drug-likeness (QED) is 0.804. The Labute approximate surface area is 161 Å². The fourth-order valence-electron chi connectivity index (χ4n) is 4.10. The second-order valence-electron chi connectivity index (χ2n) is 7.62. The number of aryl methyl sites for hydroxylation is 4. The molecule has 146 valence electrons.